The average Bonchev–Trinajstić information content (AvgIpc) is 2.91. The molecular formula is C13H16N6O2. The van der Waals surface area contributed by atoms with Crippen molar-refractivity contribution < 1.29 is 9.59 Å². The summed E-state index contributed by atoms with van der Waals surface area (Å²) >= 11 is 0. The first-order chi connectivity index (χ1) is 10.0. The predicted octanol–water partition coefficient (Wildman–Crippen LogP) is -0.532. The van der Waals surface area contributed by atoms with E-state index >= 15 is 0 Å². The van der Waals surface area contributed by atoms with Crippen LogP contribution in [0.1, 0.15) is 12.0 Å². The van der Waals surface area contributed by atoms with Gasteiger partial charge < -0.3 is 16.8 Å². The van der Waals surface area contributed by atoms with Crippen LogP contribution >= 0.6 is 0 Å². The molecule has 0 aliphatic rings. The van der Waals surface area contributed by atoms with Crippen LogP contribution in [-0.4, -0.2) is 32.6 Å². The highest BCUT2D eigenvalue weighted by molar-refractivity contribution is 5.97. The highest BCUT2D eigenvalue weighted by Crippen LogP contribution is 2.12. The summed E-state index contributed by atoms with van der Waals surface area (Å²) in [6, 6.07) is 6.29. The number of primary amides is 1. The minimum absolute atomic E-state index is 0.190. The summed E-state index contributed by atoms with van der Waals surface area (Å²) in [5.74, 6) is -1.07. The minimum Gasteiger partial charge on any atom is -0.370 e. The highest BCUT2D eigenvalue weighted by Gasteiger charge is 2.16. The first-order valence-electron chi connectivity index (χ1n) is 6.30. The molecule has 1 heterocycles. The standard InChI is InChI=1S/C13H16N6O2/c14-11(5-12(15)20)13(21)18-10-3-1-2-9(4-10)6-19-8-16-7-17-19/h1-4,7-8,11H,5-6,14H2,(H2,15,20)(H,18,21). The molecule has 8 nitrogen and oxygen atoms in total. The number of aromatic nitrogens is 3. The van der Waals surface area contributed by atoms with Crippen molar-refractivity contribution >= 4 is 17.5 Å². The Kier molecular flexibility index (Phi) is 4.62. The zero-order valence-electron chi connectivity index (χ0n) is 11.3. The van der Waals surface area contributed by atoms with Crippen LogP contribution < -0.4 is 16.8 Å². The van der Waals surface area contributed by atoms with Gasteiger partial charge in [-0.05, 0) is 17.7 Å². The fourth-order valence-corrected chi connectivity index (χ4v) is 1.79. The molecule has 0 saturated heterocycles. The lowest BCUT2D eigenvalue weighted by atomic mass is 10.1. The molecule has 110 valence electrons. The van der Waals surface area contributed by atoms with E-state index in [4.69, 9.17) is 11.5 Å². The van der Waals surface area contributed by atoms with Crippen molar-refractivity contribution in [2.24, 2.45) is 11.5 Å². The van der Waals surface area contributed by atoms with Crippen molar-refractivity contribution in [3.05, 3.63) is 42.5 Å². The van der Waals surface area contributed by atoms with Crippen molar-refractivity contribution in [1.82, 2.24) is 14.8 Å². The molecule has 21 heavy (non-hydrogen) atoms. The van der Waals surface area contributed by atoms with E-state index in [9.17, 15) is 9.59 Å². The van der Waals surface area contributed by atoms with Crippen molar-refractivity contribution in [2.45, 2.75) is 19.0 Å². The van der Waals surface area contributed by atoms with E-state index in [-0.39, 0.29) is 6.42 Å². The Morgan fingerprint density at radius 3 is 2.86 bits per heavy atom. The van der Waals surface area contributed by atoms with Gasteiger partial charge in [-0.2, -0.15) is 5.10 Å². The van der Waals surface area contributed by atoms with Crippen LogP contribution in [0.3, 0.4) is 0 Å². The van der Waals surface area contributed by atoms with Crippen LogP contribution in [0, 0.1) is 0 Å². The summed E-state index contributed by atoms with van der Waals surface area (Å²) < 4.78 is 1.67. The van der Waals surface area contributed by atoms with Gasteiger partial charge in [0.25, 0.3) is 0 Å². The van der Waals surface area contributed by atoms with E-state index < -0.39 is 17.9 Å². The van der Waals surface area contributed by atoms with Gasteiger partial charge in [-0.15, -0.1) is 0 Å². The maximum absolute atomic E-state index is 11.8. The third-order valence-corrected chi connectivity index (χ3v) is 2.76. The molecule has 0 fully saturated rings. The molecule has 8 heteroatoms. The van der Waals surface area contributed by atoms with Gasteiger partial charge in [0.05, 0.1) is 19.0 Å². The zero-order chi connectivity index (χ0) is 15.2. The molecule has 2 amide bonds. The topological polar surface area (TPSA) is 129 Å². The largest absolute Gasteiger partial charge is 0.370 e. The molecule has 0 aliphatic carbocycles. The quantitative estimate of drug-likeness (QED) is 0.658. The number of benzene rings is 1. The number of nitrogens with one attached hydrogen (secondary N) is 1. The number of carbonyl (C=O) groups excluding carboxylic acids is 2. The summed E-state index contributed by atoms with van der Waals surface area (Å²) in [7, 11) is 0. The first kappa shape index (κ1) is 14.7. The van der Waals surface area contributed by atoms with Crippen LogP contribution in [0.15, 0.2) is 36.9 Å². The molecule has 0 saturated carbocycles. The molecule has 2 aromatic rings. The van der Waals surface area contributed by atoms with Crippen LogP contribution in [0.25, 0.3) is 0 Å². The maximum Gasteiger partial charge on any atom is 0.241 e. The Morgan fingerprint density at radius 2 is 2.19 bits per heavy atom. The minimum atomic E-state index is -0.957. The molecule has 1 unspecified atom stereocenters. The molecule has 0 radical (unpaired) electrons. The molecule has 1 aromatic heterocycles. The van der Waals surface area contributed by atoms with E-state index in [1.54, 1.807) is 23.1 Å². The molecule has 5 N–H and O–H groups in total. The molecule has 0 bridgehead atoms. The normalized spacial score (nSPS) is 11.9. The molecule has 0 aliphatic heterocycles. The van der Waals surface area contributed by atoms with Gasteiger partial charge in [0.15, 0.2) is 0 Å². The Bertz CT molecular complexity index is 625. The summed E-state index contributed by atoms with van der Waals surface area (Å²) in [5.41, 5.74) is 12.1. The van der Waals surface area contributed by atoms with Gasteiger partial charge in [0, 0.05) is 5.69 Å². The number of amides is 2. The van der Waals surface area contributed by atoms with Crippen LogP contribution in [-0.2, 0) is 16.1 Å². The monoisotopic (exact) mass is 288 g/mol. The van der Waals surface area contributed by atoms with E-state index in [0.717, 1.165) is 5.56 Å². The lowest BCUT2D eigenvalue weighted by molar-refractivity contribution is -0.123. The second-order valence-electron chi connectivity index (χ2n) is 4.56. The van der Waals surface area contributed by atoms with E-state index in [0.29, 0.717) is 12.2 Å². The molecule has 2 rings (SSSR count). The fourth-order valence-electron chi connectivity index (χ4n) is 1.79. The third kappa shape index (κ3) is 4.39. The zero-order valence-corrected chi connectivity index (χ0v) is 11.3. The van der Waals surface area contributed by atoms with Crippen molar-refractivity contribution in [3.8, 4) is 0 Å². The fraction of sp³-hybridized carbons (Fsp3) is 0.231. The SMILES string of the molecule is NC(=O)CC(N)C(=O)Nc1cccc(Cn2cncn2)c1. The van der Waals surface area contributed by atoms with E-state index in [2.05, 4.69) is 15.4 Å². The molecule has 1 atom stereocenters. The van der Waals surface area contributed by atoms with Crippen molar-refractivity contribution in [3.63, 3.8) is 0 Å². The average molecular weight is 288 g/mol. The van der Waals surface area contributed by atoms with Gasteiger partial charge in [-0.1, -0.05) is 12.1 Å². The lowest BCUT2D eigenvalue weighted by Gasteiger charge is -2.11. The lowest BCUT2D eigenvalue weighted by Crippen LogP contribution is -2.39. The third-order valence-electron chi connectivity index (χ3n) is 2.76. The molecule has 1 aromatic carbocycles. The number of hydrogen-bond acceptors (Lipinski definition) is 5. The summed E-state index contributed by atoms with van der Waals surface area (Å²) in [6.45, 7) is 0.539. The van der Waals surface area contributed by atoms with Gasteiger partial charge in [-0.25, -0.2) is 9.67 Å². The highest BCUT2D eigenvalue weighted by atomic mass is 16.2. The second kappa shape index (κ2) is 6.62. The Balaban J connectivity index is 2.00. The number of rotatable bonds is 6. The summed E-state index contributed by atoms with van der Waals surface area (Å²) in [5, 5.41) is 6.66. The van der Waals surface area contributed by atoms with Gasteiger partial charge >= 0.3 is 0 Å². The van der Waals surface area contributed by atoms with Crippen LogP contribution in [0.5, 0.6) is 0 Å². The Hall–Kier alpha value is -2.74. The number of anilines is 1. The van der Waals surface area contributed by atoms with Crippen LogP contribution in [0.2, 0.25) is 0 Å². The summed E-state index contributed by atoms with van der Waals surface area (Å²) in [4.78, 5) is 26.4. The van der Waals surface area contributed by atoms with E-state index in [1.165, 1.54) is 6.33 Å². The van der Waals surface area contributed by atoms with Gasteiger partial charge in [-0.3, -0.25) is 9.59 Å². The second-order valence-corrected chi connectivity index (χ2v) is 4.56. The smallest absolute Gasteiger partial charge is 0.241 e. The number of nitrogens with zero attached hydrogens (tertiary/aromatic N) is 3. The number of hydrogen-bond donors (Lipinski definition) is 3. The molecular weight excluding hydrogens is 272 g/mol. The van der Waals surface area contributed by atoms with Gasteiger partial charge in [0.1, 0.15) is 12.7 Å². The first-order valence-corrected chi connectivity index (χ1v) is 6.30. The summed E-state index contributed by atoms with van der Waals surface area (Å²) in [6.07, 6.45) is 2.87. The van der Waals surface area contributed by atoms with Gasteiger partial charge in [0.2, 0.25) is 11.8 Å². The predicted molar refractivity (Wildman–Crippen MR) is 76.0 cm³/mol. The Morgan fingerprint density at radius 1 is 1.38 bits per heavy atom. The van der Waals surface area contributed by atoms with E-state index in [1.807, 2.05) is 12.1 Å². The van der Waals surface area contributed by atoms with Crippen LogP contribution in [0.4, 0.5) is 5.69 Å². The maximum atomic E-state index is 11.8. The number of carbonyl (C=O) groups is 2. The molecule has 0 spiro atoms. The van der Waals surface area contributed by atoms with Crippen molar-refractivity contribution in [2.75, 3.05) is 5.32 Å². The Labute approximate surface area is 121 Å². The van der Waals surface area contributed by atoms with Crippen molar-refractivity contribution in [1.29, 1.82) is 0 Å². The number of nitrogens with two attached hydrogens (primary N) is 2.